The predicted molar refractivity (Wildman–Crippen MR) is 84.2 cm³/mol. The highest BCUT2D eigenvalue weighted by Crippen LogP contribution is 2.19. The molecule has 0 aliphatic rings. The summed E-state index contributed by atoms with van der Waals surface area (Å²) in [5.74, 6) is -1.10. The molecule has 21 heavy (non-hydrogen) atoms. The van der Waals surface area contributed by atoms with Gasteiger partial charge in [0.15, 0.2) is 6.04 Å². The van der Waals surface area contributed by atoms with Gasteiger partial charge in [0.25, 0.3) is 0 Å². The van der Waals surface area contributed by atoms with Crippen molar-refractivity contribution in [2.45, 2.75) is 12.6 Å². The van der Waals surface area contributed by atoms with Crippen LogP contribution in [0.4, 0.5) is 4.79 Å². The molecule has 0 radical (unpaired) electrons. The van der Waals surface area contributed by atoms with E-state index in [1.807, 2.05) is 11.4 Å². The average molecular weight is 369 g/mol. The summed E-state index contributed by atoms with van der Waals surface area (Å²) in [6.07, 6.45) is 0. The van der Waals surface area contributed by atoms with Crippen LogP contribution in [0.1, 0.15) is 16.5 Å². The Bertz CT molecular complexity index is 630. The highest BCUT2D eigenvalue weighted by molar-refractivity contribution is 9.10. The van der Waals surface area contributed by atoms with Gasteiger partial charge in [-0.15, -0.1) is 11.3 Å². The molecule has 2 aromatic rings. The van der Waals surface area contributed by atoms with Crippen LogP contribution in [0.5, 0.6) is 0 Å². The van der Waals surface area contributed by atoms with Crippen LogP contribution in [0.2, 0.25) is 0 Å². The third-order valence-electron chi connectivity index (χ3n) is 2.70. The van der Waals surface area contributed by atoms with Crippen LogP contribution in [0.15, 0.2) is 46.3 Å². The molecular weight excluding hydrogens is 356 g/mol. The minimum Gasteiger partial charge on any atom is -0.479 e. The molecule has 0 saturated carbocycles. The van der Waals surface area contributed by atoms with E-state index in [9.17, 15) is 14.7 Å². The van der Waals surface area contributed by atoms with Crippen LogP contribution in [-0.2, 0) is 11.3 Å². The van der Waals surface area contributed by atoms with Crippen molar-refractivity contribution in [3.8, 4) is 0 Å². The van der Waals surface area contributed by atoms with Gasteiger partial charge >= 0.3 is 12.0 Å². The lowest BCUT2D eigenvalue weighted by Gasteiger charge is -2.15. The van der Waals surface area contributed by atoms with Gasteiger partial charge in [0, 0.05) is 14.7 Å². The first-order chi connectivity index (χ1) is 10.1. The molecule has 0 spiro atoms. The lowest BCUT2D eigenvalue weighted by Crippen LogP contribution is -2.40. The SMILES string of the molecule is O=C(NCc1cc(Br)cs1)NC(C(=O)O)c1ccccc1. The highest BCUT2D eigenvalue weighted by Gasteiger charge is 2.21. The number of carboxylic acids is 1. The van der Waals surface area contributed by atoms with Gasteiger partial charge in [-0.1, -0.05) is 30.3 Å². The van der Waals surface area contributed by atoms with Crippen molar-refractivity contribution in [2.24, 2.45) is 0 Å². The van der Waals surface area contributed by atoms with Crippen molar-refractivity contribution in [3.05, 3.63) is 56.7 Å². The molecule has 2 rings (SSSR count). The van der Waals surface area contributed by atoms with E-state index in [2.05, 4.69) is 26.6 Å². The van der Waals surface area contributed by atoms with Gasteiger partial charge in [0.2, 0.25) is 0 Å². The fourth-order valence-corrected chi connectivity index (χ4v) is 3.12. The number of hydrogen-bond acceptors (Lipinski definition) is 3. The smallest absolute Gasteiger partial charge is 0.330 e. The summed E-state index contributed by atoms with van der Waals surface area (Å²) in [5.41, 5.74) is 0.527. The zero-order valence-electron chi connectivity index (χ0n) is 10.9. The van der Waals surface area contributed by atoms with E-state index in [-0.39, 0.29) is 0 Å². The Kier molecular flexibility index (Phi) is 5.35. The largest absolute Gasteiger partial charge is 0.479 e. The molecule has 0 bridgehead atoms. The normalized spacial score (nSPS) is 11.7. The zero-order chi connectivity index (χ0) is 15.2. The summed E-state index contributed by atoms with van der Waals surface area (Å²) < 4.78 is 0.956. The fraction of sp³-hybridized carbons (Fsp3) is 0.143. The molecule has 3 N–H and O–H groups in total. The van der Waals surface area contributed by atoms with E-state index in [0.29, 0.717) is 12.1 Å². The van der Waals surface area contributed by atoms with Gasteiger partial charge in [0.1, 0.15) is 0 Å². The number of carbonyl (C=O) groups excluding carboxylic acids is 1. The number of thiophene rings is 1. The summed E-state index contributed by atoms with van der Waals surface area (Å²) in [6, 6.07) is 8.89. The van der Waals surface area contributed by atoms with Crippen molar-refractivity contribution in [2.75, 3.05) is 0 Å². The Labute approximate surface area is 134 Å². The van der Waals surface area contributed by atoms with Crippen molar-refractivity contribution >= 4 is 39.3 Å². The van der Waals surface area contributed by atoms with E-state index in [1.165, 1.54) is 11.3 Å². The Hall–Kier alpha value is -1.86. The molecule has 1 aromatic heterocycles. The van der Waals surface area contributed by atoms with Crippen LogP contribution in [0, 0.1) is 0 Å². The first kappa shape index (κ1) is 15.5. The number of amides is 2. The van der Waals surface area contributed by atoms with E-state index < -0.39 is 18.0 Å². The van der Waals surface area contributed by atoms with E-state index >= 15 is 0 Å². The Morgan fingerprint density at radius 1 is 1.29 bits per heavy atom. The molecule has 1 atom stereocenters. The third-order valence-corrected chi connectivity index (χ3v) is 4.40. The minimum absolute atomic E-state index is 0.350. The average Bonchev–Trinajstić information content (AvgIpc) is 2.89. The molecular formula is C14H13BrN2O3S. The zero-order valence-corrected chi connectivity index (χ0v) is 13.3. The molecule has 0 saturated heterocycles. The van der Waals surface area contributed by atoms with Crippen LogP contribution < -0.4 is 10.6 Å². The predicted octanol–water partition coefficient (Wildman–Crippen LogP) is 3.14. The van der Waals surface area contributed by atoms with Gasteiger partial charge < -0.3 is 15.7 Å². The van der Waals surface area contributed by atoms with E-state index in [0.717, 1.165) is 9.35 Å². The first-order valence-corrected chi connectivity index (χ1v) is 7.78. The van der Waals surface area contributed by atoms with Gasteiger partial charge in [-0.05, 0) is 27.6 Å². The van der Waals surface area contributed by atoms with Crippen molar-refractivity contribution < 1.29 is 14.7 Å². The second kappa shape index (κ2) is 7.24. The summed E-state index contributed by atoms with van der Waals surface area (Å²) in [6.45, 7) is 0.350. The monoisotopic (exact) mass is 368 g/mol. The van der Waals surface area contributed by atoms with E-state index in [1.54, 1.807) is 30.3 Å². The molecule has 2 amide bonds. The third kappa shape index (κ3) is 4.57. The van der Waals surface area contributed by atoms with E-state index in [4.69, 9.17) is 0 Å². The molecule has 110 valence electrons. The molecule has 1 aromatic carbocycles. The van der Waals surface area contributed by atoms with Crippen LogP contribution in [0.25, 0.3) is 0 Å². The van der Waals surface area contributed by atoms with Gasteiger partial charge in [0.05, 0.1) is 6.54 Å². The number of carboxylic acid groups (broad SMARTS) is 1. The summed E-state index contributed by atoms with van der Waals surface area (Å²) >= 11 is 4.84. The molecule has 5 nitrogen and oxygen atoms in total. The van der Waals surface area contributed by atoms with Gasteiger partial charge in [-0.3, -0.25) is 0 Å². The van der Waals surface area contributed by atoms with Gasteiger partial charge in [-0.2, -0.15) is 0 Å². The first-order valence-electron chi connectivity index (χ1n) is 6.11. The molecule has 1 unspecified atom stereocenters. The number of hydrogen-bond donors (Lipinski definition) is 3. The maximum absolute atomic E-state index is 11.8. The lowest BCUT2D eigenvalue weighted by atomic mass is 10.1. The van der Waals surface area contributed by atoms with Crippen LogP contribution in [0.3, 0.4) is 0 Å². The summed E-state index contributed by atoms with van der Waals surface area (Å²) in [7, 11) is 0. The second-order valence-electron chi connectivity index (χ2n) is 4.24. The number of halogens is 1. The van der Waals surface area contributed by atoms with Crippen molar-refractivity contribution in [1.82, 2.24) is 10.6 Å². The van der Waals surface area contributed by atoms with Crippen LogP contribution in [-0.4, -0.2) is 17.1 Å². The Morgan fingerprint density at radius 2 is 2.00 bits per heavy atom. The quantitative estimate of drug-likeness (QED) is 0.758. The molecule has 0 aliphatic carbocycles. The topological polar surface area (TPSA) is 78.4 Å². The number of benzene rings is 1. The standard InChI is InChI=1S/C14H13BrN2O3S/c15-10-6-11(21-8-10)7-16-14(20)17-12(13(18)19)9-4-2-1-3-5-9/h1-6,8,12H,7H2,(H,18,19)(H2,16,17,20). The fourth-order valence-electron chi connectivity index (χ4n) is 1.73. The maximum atomic E-state index is 11.8. The Morgan fingerprint density at radius 3 is 2.57 bits per heavy atom. The molecule has 0 fully saturated rings. The molecule has 0 aliphatic heterocycles. The highest BCUT2D eigenvalue weighted by atomic mass is 79.9. The summed E-state index contributed by atoms with van der Waals surface area (Å²) in [4.78, 5) is 24.1. The lowest BCUT2D eigenvalue weighted by molar-refractivity contribution is -0.139. The number of nitrogens with one attached hydrogen (secondary N) is 2. The Balaban J connectivity index is 1.94. The molecule has 1 heterocycles. The van der Waals surface area contributed by atoms with Crippen LogP contribution >= 0.6 is 27.3 Å². The number of rotatable bonds is 5. The van der Waals surface area contributed by atoms with Crippen molar-refractivity contribution in [3.63, 3.8) is 0 Å². The maximum Gasteiger partial charge on any atom is 0.330 e. The summed E-state index contributed by atoms with van der Waals surface area (Å²) in [5, 5.41) is 16.2. The molecule has 7 heteroatoms. The second-order valence-corrected chi connectivity index (χ2v) is 6.15. The van der Waals surface area contributed by atoms with Crippen molar-refractivity contribution in [1.29, 1.82) is 0 Å². The van der Waals surface area contributed by atoms with Gasteiger partial charge in [-0.25, -0.2) is 9.59 Å². The number of carbonyl (C=O) groups is 2. The number of aliphatic carboxylic acids is 1. The minimum atomic E-state index is -1.10. The number of urea groups is 1.